The molecule has 2 rings (SSSR count). The van der Waals surface area contributed by atoms with Gasteiger partial charge in [0.25, 0.3) is 0 Å². The highest BCUT2D eigenvalue weighted by Crippen LogP contribution is 2.27. The second-order valence-corrected chi connectivity index (χ2v) is 5.17. The van der Waals surface area contributed by atoms with Gasteiger partial charge in [0.05, 0.1) is 0 Å². The predicted molar refractivity (Wildman–Crippen MR) is 70.0 cm³/mol. The second kappa shape index (κ2) is 4.62. The Labute approximate surface area is 115 Å². The quantitative estimate of drug-likeness (QED) is 0.931. The number of aromatic nitrogens is 4. The third-order valence-electron chi connectivity index (χ3n) is 2.96. The molecule has 6 nitrogen and oxygen atoms in total. The fourth-order valence-electron chi connectivity index (χ4n) is 1.66. The Kier molecular flexibility index (Phi) is 3.28. The molecule has 0 atom stereocenters. The average molecular weight is 281 g/mol. The molecule has 1 aromatic heterocycles. The van der Waals surface area contributed by atoms with E-state index in [-0.39, 0.29) is 0 Å². The Morgan fingerprint density at radius 3 is 2.74 bits per heavy atom. The second-order valence-electron chi connectivity index (χ2n) is 4.74. The van der Waals surface area contributed by atoms with Crippen LogP contribution in [0.1, 0.15) is 19.4 Å². The lowest BCUT2D eigenvalue weighted by molar-refractivity contribution is -0.146. The number of rotatable bonds is 3. The van der Waals surface area contributed by atoms with Gasteiger partial charge in [-0.3, -0.25) is 0 Å². The van der Waals surface area contributed by atoms with Crippen molar-refractivity contribution in [2.24, 2.45) is 0 Å². The normalized spacial score (nSPS) is 11.6. The fourth-order valence-corrected chi connectivity index (χ4v) is 1.83. The first-order chi connectivity index (χ1) is 8.84. The minimum atomic E-state index is -1.24. The van der Waals surface area contributed by atoms with Gasteiger partial charge in [-0.1, -0.05) is 17.7 Å². The van der Waals surface area contributed by atoms with Crippen LogP contribution in [-0.4, -0.2) is 31.3 Å². The van der Waals surface area contributed by atoms with Gasteiger partial charge in [0.2, 0.25) is 0 Å². The number of tetrazole rings is 1. The summed E-state index contributed by atoms with van der Waals surface area (Å²) in [6.45, 7) is 4.96. The largest absolute Gasteiger partial charge is 0.479 e. The molecule has 0 saturated carbocycles. The summed E-state index contributed by atoms with van der Waals surface area (Å²) in [6, 6.07) is 5.32. The Hall–Kier alpha value is -1.95. The predicted octanol–water partition coefficient (Wildman–Crippen LogP) is 2.12. The van der Waals surface area contributed by atoms with Gasteiger partial charge in [-0.15, -0.1) is 5.10 Å². The van der Waals surface area contributed by atoms with Gasteiger partial charge in [0.15, 0.2) is 11.4 Å². The number of hydrogen-bond acceptors (Lipinski definition) is 4. The summed E-state index contributed by atoms with van der Waals surface area (Å²) >= 11 is 5.97. The Morgan fingerprint density at radius 1 is 1.42 bits per heavy atom. The molecule has 0 unspecified atom stereocenters. The van der Waals surface area contributed by atoms with E-state index < -0.39 is 11.5 Å². The van der Waals surface area contributed by atoms with E-state index in [4.69, 9.17) is 11.6 Å². The third kappa shape index (κ3) is 2.31. The van der Waals surface area contributed by atoms with Crippen molar-refractivity contribution in [3.8, 4) is 11.4 Å². The summed E-state index contributed by atoms with van der Waals surface area (Å²) in [6.07, 6.45) is 0. The van der Waals surface area contributed by atoms with Crippen LogP contribution >= 0.6 is 11.6 Å². The maximum Gasteiger partial charge on any atom is 0.331 e. The molecule has 0 amide bonds. The van der Waals surface area contributed by atoms with Crippen LogP contribution in [0.4, 0.5) is 0 Å². The molecule has 0 saturated heterocycles. The highest BCUT2D eigenvalue weighted by atomic mass is 35.5. The molecule has 7 heteroatoms. The number of halogens is 1. The first-order valence-electron chi connectivity index (χ1n) is 5.63. The lowest BCUT2D eigenvalue weighted by Gasteiger charge is -2.20. The van der Waals surface area contributed by atoms with Crippen molar-refractivity contribution in [3.63, 3.8) is 0 Å². The van der Waals surface area contributed by atoms with Crippen molar-refractivity contribution in [1.82, 2.24) is 20.2 Å². The van der Waals surface area contributed by atoms with Crippen molar-refractivity contribution in [2.45, 2.75) is 26.3 Å². The van der Waals surface area contributed by atoms with Gasteiger partial charge < -0.3 is 5.11 Å². The van der Waals surface area contributed by atoms with E-state index in [1.807, 2.05) is 13.0 Å². The Bertz CT molecular complexity index is 636. The van der Waals surface area contributed by atoms with Crippen molar-refractivity contribution in [3.05, 3.63) is 28.8 Å². The number of carboxylic acids is 1. The van der Waals surface area contributed by atoms with Gasteiger partial charge in [0, 0.05) is 10.6 Å². The summed E-state index contributed by atoms with van der Waals surface area (Å²) in [7, 11) is 0. The molecule has 19 heavy (non-hydrogen) atoms. The Balaban J connectivity index is 2.63. The summed E-state index contributed by atoms with van der Waals surface area (Å²) in [5.41, 5.74) is 0.390. The minimum absolute atomic E-state index is 0.382. The maximum atomic E-state index is 11.3. The monoisotopic (exact) mass is 280 g/mol. The average Bonchev–Trinajstić information content (AvgIpc) is 2.81. The molecular weight excluding hydrogens is 268 g/mol. The van der Waals surface area contributed by atoms with E-state index in [1.165, 1.54) is 18.5 Å². The molecule has 0 spiro atoms. The number of aryl methyl sites for hydroxylation is 1. The molecule has 0 radical (unpaired) electrons. The molecule has 0 aliphatic rings. The zero-order chi connectivity index (χ0) is 14.2. The number of carbonyl (C=O) groups is 1. The summed E-state index contributed by atoms with van der Waals surface area (Å²) < 4.78 is 1.29. The van der Waals surface area contributed by atoms with E-state index in [0.29, 0.717) is 16.4 Å². The lowest BCUT2D eigenvalue weighted by atomic mass is 10.0. The van der Waals surface area contributed by atoms with Crippen LogP contribution in [0.3, 0.4) is 0 Å². The van der Waals surface area contributed by atoms with E-state index >= 15 is 0 Å². The molecule has 0 fully saturated rings. The van der Waals surface area contributed by atoms with E-state index in [0.717, 1.165) is 5.56 Å². The lowest BCUT2D eigenvalue weighted by Crippen LogP contribution is -2.37. The molecule has 1 heterocycles. The number of nitrogens with zero attached hydrogens (tertiary/aromatic N) is 4. The maximum absolute atomic E-state index is 11.3. The number of hydrogen-bond donors (Lipinski definition) is 1. The molecule has 0 bridgehead atoms. The van der Waals surface area contributed by atoms with E-state index in [9.17, 15) is 9.90 Å². The smallest absolute Gasteiger partial charge is 0.331 e. The molecule has 2 aromatic rings. The van der Waals surface area contributed by atoms with Gasteiger partial charge >= 0.3 is 5.97 Å². The SMILES string of the molecule is Cc1ccc(Cl)cc1-c1nnnn1C(C)(C)C(=O)O. The van der Waals surface area contributed by atoms with Gasteiger partial charge in [0.1, 0.15) is 0 Å². The van der Waals surface area contributed by atoms with Crippen molar-refractivity contribution in [2.75, 3.05) is 0 Å². The van der Waals surface area contributed by atoms with Crippen LogP contribution in [-0.2, 0) is 10.3 Å². The number of benzene rings is 1. The third-order valence-corrected chi connectivity index (χ3v) is 3.20. The van der Waals surface area contributed by atoms with Crippen LogP contribution in [0.15, 0.2) is 18.2 Å². The molecule has 1 aromatic carbocycles. The van der Waals surface area contributed by atoms with Crippen LogP contribution in [0.5, 0.6) is 0 Å². The van der Waals surface area contributed by atoms with Crippen molar-refractivity contribution in [1.29, 1.82) is 0 Å². The van der Waals surface area contributed by atoms with Crippen molar-refractivity contribution >= 4 is 17.6 Å². The molecule has 1 N–H and O–H groups in total. The standard InChI is InChI=1S/C12H13ClN4O2/c1-7-4-5-8(13)6-9(7)10-14-15-16-17(10)12(2,3)11(18)19/h4-6H,1-3H3,(H,18,19). The molecule has 0 aliphatic carbocycles. The van der Waals surface area contributed by atoms with Crippen LogP contribution in [0.25, 0.3) is 11.4 Å². The van der Waals surface area contributed by atoms with Crippen LogP contribution in [0.2, 0.25) is 5.02 Å². The number of carboxylic acid groups (broad SMARTS) is 1. The fraction of sp³-hybridized carbons (Fsp3) is 0.333. The first-order valence-corrected chi connectivity index (χ1v) is 6.00. The van der Waals surface area contributed by atoms with Crippen LogP contribution < -0.4 is 0 Å². The van der Waals surface area contributed by atoms with E-state index in [2.05, 4.69) is 15.5 Å². The zero-order valence-electron chi connectivity index (χ0n) is 10.8. The van der Waals surface area contributed by atoms with Gasteiger partial charge in [-0.25, -0.2) is 9.48 Å². The molecule has 0 aliphatic heterocycles. The summed E-state index contributed by atoms with van der Waals surface area (Å²) in [5.74, 6) is -0.631. The first kappa shape index (κ1) is 13.5. The summed E-state index contributed by atoms with van der Waals surface area (Å²) in [5, 5.41) is 21.1. The number of aliphatic carboxylic acids is 1. The highest BCUT2D eigenvalue weighted by Gasteiger charge is 2.34. The molecular formula is C12H13ClN4O2. The summed E-state index contributed by atoms with van der Waals surface area (Å²) in [4.78, 5) is 11.3. The van der Waals surface area contributed by atoms with Gasteiger partial charge in [-0.05, 0) is 48.9 Å². The van der Waals surface area contributed by atoms with Crippen molar-refractivity contribution < 1.29 is 9.90 Å². The Morgan fingerprint density at radius 2 is 2.11 bits per heavy atom. The van der Waals surface area contributed by atoms with Crippen LogP contribution in [0, 0.1) is 6.92 Å². The van der Waals surface area contributed by atoms with Gasteiger partial charge in [-0.2, -0.15) is 0 Å². The molecule has 100 valence electrons. The highest BCUT2D eigenvalue weighted by molar-refractivity contribution is 6.30. The topological polar surface area (TPSA) is 80.9 Å². The minimum Gasteiger partial charge on any atom is -0.479 e. The van der Waals surface area contributed by atoms with E-state index in [1.54, 1.807) is 12.1 Å². The zero-order valence-corrected chi connectivity index (χ0v) is 11.5.